The fourth-order valence-corrected chi connectivity index (χ4v) is 4.36. The molecule has 0 unspecified atom stereocenters. The van der Waals surface area contributed by atoms with Crippen LogP contribution in [0.15, 0.2) is 72.8 Å². The molecule has 0 atom stereocenters. The zero-order valence-corrected chi connectivity index (χ0v) is 19.6. The summed E-state index contributed by atoms with van der Waals surface area (Å²) in [5.41, 5.74) is 6.67. The van der Waals surface area contributed by atoms with E-state index in [1.807, 2.05) is 29.1 Å². The highest BCUT2D eigenvalue weighted by Crippen LogP contribution is 2.30. The van der Waals surface area contributed by atoms with Gasteiger partial charge >= 0.3 is 0 Å². The van der Waals surface area contributed by atoms with Crippen LogP contribution in [0, 0.1) is 0 Å². The topological polar surface area (TPSA) is 37.2 Å². The zero-order chi connectivity index (χ0) is 22.5. The van der Waals surface area contributed by atoms with E-state index in [1.165, 1.54) is 22.5 Å². The Labute approximate surface area is 191 Å². The average Bonchev–Trinajstić information content (AvgIpc) is 3.26. The number of anilines is 2. The molecular weight excluding hydrogens is 394 g/mol. The molecule has 3 aromatic carbocycles. The summed E-state index contributed by atoms with van der Waals surface area (Å²) in [6.07, 6.45) is 0. The molecule has 4 aromatic rings. The lowest BCUT2D eigenvalue weighted by molar-refractivity contribution is 0.526. The average molecular weight is 428 g/mol. The van der Waals surface area contributed by atoms with E-state index >= 15 is 0 Å². The monoisotopic (exact) mass is 427 g/mol. The van der Waals surface area contributed by atoms with Crippen LogP contribution in [-0.4, -0.2) is 41.2 Å². The number of aromatic nitrogens is 3. The minimum Gasteiger partial charge on any atom is -0.372 e. The number of fused-ring (bicyclic) bond motifs is 1. The van der Waals surface area contributed by atoms with Gasteiger partial charge in [0.25, 0.3) is 0 Å². The highest BCUT2D eigenvalue weighted by atomic mass is 15.5. The van der Waals surface area contributed by atoms with E-state index in [4.69, 9.17) is 10.2 Å². The van der Waals surface area contributed by atoms with Crippen LogP contribution in [0.3, 0.4) is 0 Å². The van der Waals surface area contributed by atoms with E-state index in [-0.39, 0.29) is 6.04 Å². The van der Waals surface area contributed by atoms with Crippen molar-refractivity contribution < 1.29 is 0 Å². The Hall–Kier alpha value is -3.34. The molecule has 1 aromatic heterocycles. The maximum atomic E-state index is 4.83. The first-order chi connectivity index (χ1) is 15.7. The SMILES string of the molecule is CCN(CC)c1ccc(C(c2ccc(N(CC)CC)cc2)n2nc3ccccc3n2)cc1. The number of rotatable bonds is 9. The van der Waals surface area contributed by atoms with Gasteiger partial charge in [0.1, 0.15) is 17.1 Å². The molecule has 5 nitrogen and oxygen atoms in total. The third kappa shape index (κ3) is 4.33. The van der Waals surface area contributed by atoms with Gasteiger partial charge in [0, 0.05) is 37.6 Å². The molecule has 0 aliphatic rings. The number of hydrogen-bond acceptors (Lipinski definition) is 4. The predicted molar refractivity (Wildman–Crippen MR) is 135 cm³/mol. The van der Waals surface area contributed by atoms with Gasteiger partial charge in [-0.05, 0) is 75.2 Å². The van der Waals surface area contributed by atoms with Crippen molar-refractivity contribution in [3.8, 4) is 0 Å². The summed E-state index contributed by atoms with van der Waals surface area (Å²) in [7, 11) is 0. The molecule has 0 amide bonds. The van der Waals surface area contributed by atoms with E-state index in [9.17, 15) is 0 Å². The highest BCUT2D eigenvalue weighted by molar-refractivity contribution is 5.73. The summed E-state index contributed by atoms with van der Waals surface area (Å²) in [6, 6.07) is 25.7. The molecule has 32 heavy (non-hydrogen) atoms. The van der Waals surface area contributed by atoms with E-state index in [1.54, 1.807) is 0 Å². The smallest absolute Gasteiger partial charge is 0.122 e. The van der Waals surface area contributed by atoms with Crippen LogP contribution in [-0.2, 0) is 0 Å². The Morgan fingerprint density at radius 1 is 0.594 bits per heavy atom. The van der Waals surface area contributed by atoms with Crippen LogP contribution in [0.2, 0.25) is 0 Å². The molecule has 0 bridgehead atoms. The van der Waals surface area contributed by atoms with Crippen molar-refractivity contribution in [1.29, 1.82) is 0 Å². The second-order valence-corrected chi connectivity index (χ2v) is 7.94. The Bertz CT molecular complexity index is 1030. The molecule has 0 aliphatic heterocycles. The molecule has 1 heterocycles. The molecule has 0 spiro atoms. The molecular formula is C27H33N5. The maximum Gasteiger partial charge on any atom is 0.122 e. The van der Waals surface area contributed by atoms with Crippen molar-refractivity contribution in [2.45, 2.75) is 33.7 Å². The first-order valence-electron chi connectivity index (χ1n) is 11.7. The van der Waals surface area contributed by atoms with E-state index < -0.39 is 0 Å². The van der Waals surface area contributed by atoms with Gasteiger partial charge in [0.15, 0.2) is 0 Å². The third-order valence-corrected chi connectivity index (χ3v) is 6.21. The quantitative estimate of drug-likeness (QED) is 0.340. The van der Waals surface area contributed by atoms with Crippen LogP contribution in [0.4, 0.5) is 11.4 Å². The number of hydrogen-bond donors (Lipinski definition) is 0. The minimum atomic E-state index is -0.0843. The lowest BCUT2D eigenvalue weighted by Gasteiger charge is -2.24. The van der Waals surface area contributed by atoms with Crippen LogP contribution < -0.4 is 9.80 Å². The first kappa shape index (κ1) is 21.9. The Morgan fingerprint density at radius 2 is 0.969 bits per heavy atom. The molecule has 0 radical (unpaired) electrons. The van der Waals surface area contributed by atoms with Crippen molar-refractivity contribution in [1.82, 2.24) is 15.0 Å². The largest absolute Gasteiger partial charge is 0.372 e. The van der Waals surface area contributed by atoms with Crippen molar-refractivity contribution in [2.24, 2.45) is 0 Å². The third-order valence-electron chi connectivity index (χ3n) is 6.21. The van der Waals surface area contributed by atoms with Crippen LogP contribution in [0.5, 0.6) is 0 Å². The summed E-state index contributed by atoms with van der Waals surface area (Å²) < 4.78 is 0. The van der Waals surface area contributed by atoms with E-state index in [0.29, 0.717) is 0 Å². The summed E-state index contributed by atoms with van der Waals surface area (Å²) in [5, 5.41) is 9.66. The van der Waals surface area contributed by atoms with E-state index in [0.717, 1.165) is 37.2 Å². The molecule has 4 rings (SSSR count). The number of benzene rings is 3. The molecule has 0 N–H and O–H groups in total. The van der Waals surface area contributed by atoms with Crippen LogP contribution in [0.25, 0.3) is 11.0 Å². The molecule has 166 valence electrons. The summed E-state index contributed by atoms with van der Waals surface area (Å²) in [4.78, 5) is 6.58. The molecule has 0 aliphatic carbocycles. The second kappa shape index (κ2) is 9.86. The van der Waals surface area contributed by atoms with Gasteiger partial charge in [-0.3, -0.25) is 0 Å². The Morgan fingerprint density at radius 3 is 1.31 bits per heavy atom. The highest BCUT2D eigenvalue weighted by Gasteiger charge is 2.20. The minimum absolute atomic E-state index is 0.0843. The normalized spacial score (nSPS) is 11.3. The van der Waals surface area contributed by atoms with Crippen molar-refractivity contribution in [2.75, 3.05) is 36.0 Å². The zero-order valence-electron chi connectivity index (χ0n) is 19.6. The lowest BCUT2D eigenvalue weighted by Crippen LogP contribution is -2.22. The Kier molecular flexibility index (Phi) is 6.74. The van der Waals surface area contributed by atoms with E-state index in [2.05, 4.69) is 86.0 Å². The van der Waals surface area contributed by atoms with Gasteiger partial charge < -0.3 is 9.80 Å². The van der Waals surface area contributed by atoms with Gasteiger partial charge in [0.2, 0.25) is 0 Å². The van der Waals surface area contributed by atoms with Crippen LogP contribution in [0.1, 0.15) is 44.9 Å². The van der Waals surface area contributed by atoms with Gasteiger partial charge in [-0.2, -0.15) is 15.0 Å². The summed E-state index contributed by atoms with van der Waals surface area (Å²) >= 11 is 0. The van der Waals surface area contributed by atoms with Gasteiger partial charge in [-0.1, -0.05) is 36.4 Å². The van der Waals surface area contributed by atoms with Crippen LogP contribution >= 0.6 is 0 Å². The fourth-order valence-electron chi connectivity index (χ4n) is 4.36. The Balaban J connectivity index is 1.76. The molecule has 5 heteroatoms. The first-order valence-corrected chi connectivity index (χ1v) is 11.7. The second-order valence-electron chi connectivity index (χ2n) is 7.94. The lowest BCUT2D eigenvalue weighted by atomic mass is 9.98. The molecule has 0 saturated carbocycles. The summed E-state index contributed by atoms with van der Waals surface area (Å²) in [5.74, 6) is 0. The van der Waals surface area contributed by atoms with Crippen molar-refractivity contribution >= 4 is 22.4 Å². The van der Waals surface area contributed by atoms with Gasteiger partial charge in [0.05, 0.1) is 0 Å². The predicted octanol–water partition coefficient (Wildman–Crippen LogP) is 5.76. The van der Waals surface area contributed by atoms with Gasteiger partial charge in [-0.15, -0.1) is 0 Å². The van der Waals surface area contributed by atoms with Gasteiger partial charge in [-0.25, -0.2) is 0 Å². The summed E-state index contributed by atoms with van der Waals surface area (Å²) in [6.45, 7) is 12.8. The van der Waals surface area contributed by atoms with Crippen molar-refractivity contribution in [3.63, 3.8) is 0 Å². The number of nitrogens with zero attached hydrogens (tertiary/aromatic N) is 5. The van der Waals surface area contributed by atoms with Crippen molar-refractivity contribution in [3.05, 3.63) is 83.9 Å². The molecule has 0 saturated heterocycles. The fraction of sp³-hybridized carbons (Fsp3) is 0.333. The standard InChI is InChI=1S/C27H33N5/c1-5-30(6-2)23-17-13-21(14-18-23)27(32-28-25-11-9-10-12-26(25)29-32)22-15-19-24(20-16-22)31(7-3)8-4/h9-20,27H,5-8H2,1-4H3. The molecule has 0 fully saturated rings. The maximum absolute atomic E-state index is 4.83.